The molecule has 0 radical (unpaired) electrons. The first-order chi connectivity index (χ1) is 43.3. The zero-order valence-corrected chi connectivity index (χ0v) is 62.3. The van der Waals surface area contributed by atoms with E-state index in [1.165, 1.54) is 0 Å². The fraction of sp³-hybridized carbons (Fsp3) is 0.583. The second kappa shape index (κ2) is 38.2. The number of rotatable bonds is 45. The summed E-state index contributed by atoms with van der Waals surface area (Å²) in [5, 5.41) is 0. The van der Waals surface area contributed by atoms with Crippen molar-refractivity contribution in [2.24, 2.45) is 0 Å². The van der Waals surface area contributed by atoms with E-state index in [2.05, 4.69) is 132 Å². The highest BCUT2D eigenvalue weighted by Crippen LogP contribution is 2.51. The molecule has 0 aliphatic carbocycles. The lowest BCUT2D eigenvalue weighted by Gasteiger charge is -2.42. The van der Waals surface area contributed by atoms with Crippen molar-refractivity contribution < 1.29 is 56.3 Å². The molecule has 0 fully saturated rings. The topological polar surface area (TPSA) is 126 Å². The van der Waals surface area contributed by atoms with Crippen molar-refractivity contribution in [1.82, 2.24) is 0 Å². The van der Waals surface area contributed by atoms with Crippen LogP contribution in [0.3, 0.4) is 0 Å². The van der Waals surface area contributed by atoms with Crippen LogP contribution >= 0.6 is 45.3 Å². The zero-order valence-electron chi connectivity index (χ0n) is 57.1. The summed E-state index contributed by atoms with van der Waals surface area (Å²) in [7, 11) is -4.19. The van der Waals surface area contributed by atoms with Gasteiger partial charge in [-0.25, -0.2) is 0 Å². The van der Waals surface area contributed by atoms with Gasteiger partial charge in [-0.15, -0.1) is 45.3 Å². The number of hydrogen-bond donors (Lipinski definition) is 0. The Morgan fingerprint density at radius 3 is 0.811 bits per heavy atom. The van der Waals surface area contributed by atoms with Gasteiger partial charge in [-0.1, -0.05) is 132 Å². The van der Waals surface area contributed by atoms with E-state index in [1.807, 2.05) is 52.0 Å². The van der Waals surface area contributed by atoms with Crippen LogP contribution in [0.25, 0.3) is 50.1 Å². The predicted molar refractivity (Wildman–Crippen MR) is 382 cm³/mol. The second-order valence-electron chi connectivity index (χ2n) is 24.7. The largest absolute Gasteiger partial charge is 0.416 e. The normalized spacial score (nSPS) is 12.5. The number of benzene rings is 2. The van der Waals surface area contributed by atoms with E-state index in [0.717, 1.165) is 72.4 Å². The van der Waals surface area contributed by atoms with Gasteiger partial charge in [0.2, 0.25) is 0 Å². The van der Waals surface area contributed by atoms with Crippen LogP contribution in [0.1, 0.15) is 167 Å². The number of ketones is 2. The standard InChI is InChI=1S/C72H106O12S4Si2/c1-17-75-33-37-79-45-59-41-65(57-25-21-55(22-26-57)63(73)29-31-83-89(49(5)6,50(7)8)51(9)10)85-69(59)71-61(47-81-39-35-77-19-3)43-67(87-71)68-44-62(48-82-40-36-78-20-4)72(88-68)70-60(46-80-38-34-76-18-2)42-66(86-70)58-27-23-56(24-28-58)64(74)30-32-84-90(52(11)12,53(13)14)54(15)16/h21-28,41-44,49-54H,17-20,29-40,45-48H2,1-16H3. The minimum Gasteiger partial charge on any atom is -0.416 e. The lowest BCUT2D eigenvalue weighted by atomic mass is 10.0. The Morgan fingerprint density at radius 1 is 0.333 bits per heavy atom. The van der Waals surface area contributed by atoms with Gasteiger partial charge in [0.15, 0.2) is 28.2 Å². The van der Waals surface area contributed by atoms with Crippen LogP contribution < -0.4 is 0 Å². The van der Waals surface area contributed by atoms with Gasteiger partial charge >= 0.3 is 0 Å². The lowest BCUT2D eigenvalue weighted by molar-refractivity contribution is 0.0451. The summed E-state index contributed by atoms with van der Waals surface area (Å²) in [5.74, 6) is 0.182. The molecule has 0 bridgehead atoms. The molecule has 0 unspecified atom stereocenters. The molecular weight excluding hydrogens is 1240 g/mol. The molecule has 90 heavy (non-hydrogen) atoms. The van der Waals surface area contributed by atoms with E-state index >= 15 is 0 Å². The van der Waals surface area contributed by atoms with Crippen molar-refractivity contribution in [3.8, 4) is 50.1 Å². The number of ether oxygens (including phenoxy) is 8. The molecule has 18 heteroatoms. The third-order valence-electron chi connectivity index (χ3n) is 17.0. The summed E-state index contributed by atoms with van der Waals surface area (Å²) in [6, 6.07) is 25.2. The van der Waals surface area contributed by atoms with Crippen molar-refractivity contribution in [3.05, 3.63) is 106 Å². The van der Waals surface area contributed by atoms with Gasteiger partial charge in [0, 0.05) is 83.1 Å². The summed E-state index contributed by atoms with van der Waals surface area (Å²) in [5.41, 5.74) is 10.5. The summed E-state index contributed by atoms with van der Waals surface area (Å²) < 4.78 is 61.9. The van der Waals surface area contributed by atoms with Gasteiger partial charge in [0.25, 0.3) is 0 Å². The first-order valence-corrected chi connectivity index (χ1v) is 40.5. The van der Waals surface area contributed by atoms with E-state index in [4.69, 9.17) is 46.7 Å². The third-order valence-corrected chi connectivity index (χ3v) is 34.6. The predicted octanol–water partition coefficient (Wildman–Crippen LogP) is 20.0. The number of thiophene rings is 4. The molecule has 0 aliphatic rings. The number of carbonyl (C=O) groups excluding carboxylic acids is 2. The highest BCUT2D eigenvalue weighted by Gasteiger charge is 2.46. The maximum absolute atomic E-state index is 13.7. The van der Waals surface area contributed by atoms with Gasteiger partial charge in [0.1, 0.15) is 0 Å². The van der Waals surface area contributed by atoms with Crippen LogP contribution in [0.5, 0.6) is 0 Å². The molecule has 0 spiro atoms. The van der Waals surface area contributed by atoms with E-state index in [9.17, 15) is 9.59 Å². The summed E-state index contributed by atoms with van der Waals surface area (Å²) >= 11 is 7.00. The Kier molecular flexibility index (Phi) is 32.1. The molecule has 0 atom stereocenters. The van der Waals surface area contributed by atoms with E-state index in [-0.39, 0.29) is 11.6 Å². The Labute approximate surface area is 558 Å². The molecule has 6 rings (SSSR count). The van der Waals surface area contributed by atoms with Crippen molar-refractivity contribution in [1.29, 1.82) is 0 Å². The van der Waals surface area contributed by atoms with Gasteiger partial charge in [0.05, 0.1) is 98.8 Å². The second-order valence-corrected chi connectivity index (χ2v) is 39.8. The average Bonchev–Trinajstić information content (AvgIpc) is 1.65. The molecule has 0 saturated carbocycles. The minimum atomic E-state index is -2.10. The first kappa shape index (κ1) is 75.6. The SMILES string of the molecule is CCOCCOCc1cc(-c2ccc(C(=O)CCO[Si](C(C)C)(C(C)C)C(C)C)cc2)sc1-c1sc(-c2cc(COCCOCC)c(-c3sc(-c4ccc(C(=O)CCO[Si](C(C)C)(C(C)C)C(C)C)cc4)cc3COCCOCC)s2)cc1COCCOCC. The van der Waals surface area contributed by atoms with E-state index < -0.39 is 16.6 Å². The molecule has 0 saturated heterocycles. The molecular formula is C72H106O12S4Si2. The molecule has 4 aromatic heterocycles. The molecule has 12 nitrogen and oxygen atoms in total. The monoisotopic (exact) mass is 1350 g/mol. The Hall–Kier alpha value is -3.39. The summed E-state index contributed by atoms with van der Waals surface area (Å²) in [4.78, 5) is 36.3. The third kappa shape index (κ3) is 20.3. The highest BCUT2D eigenvalue weighted by atomic mass is 32.1. The Morgan fingerprint density at radius 2 is 0.567 bits per heavy atom. The fourth-order valence-corrected chi connectivity index (χ4v) is 28.9. The van der Waals surface area contributed by atoms with Crippen molar-refractivity contribution in [2.45, 2.75) is 183 Å². The number of hydrogen-bond acceptors (Lipinski definition) is 16. The van der Waals surface area contributed by atoms with Crippen LogP contribution in [-0.4, -0.2) is 121 Å². The minimum absolute atomic E-state index is 0.0912. The van der Waals surface area contributed by atoms with Crippen molar-refractivity contribution in [2.75, 3.05) is 92.5 Å². The van der Waals surface area contributed by atoms with Gasteiger partial charge in [-0.2, -0.15) is 0 Å². The smallest absolute Gasteiger partial charge is 0.200 e. The summed E-state index contributed by atoms with van der Waals surface area (Å²) in [6.45, 7) is 44.1. The van der Waals surface area contributed by atoms with Crippen LogP contribution in [0.15, 0.2) is 72.8 Å². The van der Waals surface area contributed by atoms with E-state index in [1.54, 1.807) is 45.3 Å². The number of carbonyl (C=O) groups is 2. The number of Topliss-reactive ketones (excluding diaryl/α,β-unsaturated/α-hetero) is 2. The molecule has 2 aromatic carbocycles. The first-order valence-electron chi connectivity index (χ1n) is 33.0. The Balaban J connectivity index is 1.38. The van der Waals surface area contributed by atoms with Gasteiger partial charge < -0.3 is 46.7 Å². The molecule has 4 heterocycles. The average molecular weight is 1350 g/mol. The molecule has 498 valence electrons. The lowest BCUT2D eigenvalue weighted by Crippen LogP contribution is -2.48. The van der Waals surface area contributed by atoms with Crippen LogP contribution in [0.2, 0.25) is 33.2 Å². The zero-order chi connectivity index (χ0) is 65.4. The van der Waals surface area contributed by atoms with Crippen LogP contribution in [-0.2, 0) is 73.2 Å². The summed E-state index contributed by atoms with van der Waals surface area (Å²) in [6.07, 6.45) is 0.701. The van der Waals surface area contributed by atoms with Crippen LogP contribution in [0.4, 0.5) is 0 Å². The quantitative estimate of drug-likeness (QED) is 0.0205. The molecule has 0 amide bonds. The van der Waals surface area contributed by atoms with Gasteiger partial charge in [-0.05, 0) is 119 Å². The maximum atomic E-state index is 13.7. The fourth-order valence-electron chi connectivity index (χ4n) is 12.8. The molecule has 0 N–H and O–H groups in total. The molecule has 6 aromatic rings. The maximum Gasteiger partial charge on any atom is 0.200 e. The van der Waals surface area contributed by atoms with Gasteiger partial charge in [-0.3, -0.25) is 9.59 Å². The molecule has 0 aliphatic heterocycles. The highest BCUT2D eigenvalue weighted by molar-refractivity contribution is 7.29. The van der Waals surface area contributed by atoms with Crippen molar-refractivity contribution in [3.63, 3.8) is 0 Å². The Bertz CT molecular complexity index is 2820. The van der Waals surface area contributed by atoms with E-state index in [0.29, 0.717) is 176 Å². The van der Waals surface area contributed by atoms with Crippen LogP contribution in [0, 0.1) is 0 Å². The van der Waals surface area contributed by atoms with Crippen molar-refractivity contribution >= 4 is 73.5 Å².